The molecule has 0 bridgehead atoms. The van der Waals surface area contributed by atoms with Gasteiger partial charge in [0.15, 0.2) is 0 Å². The van der Waals surface area contributed by atoms with Crippen molar-refractivity contribution in [1.29, 1.82) is 0 Å². The number of rotatable bonds is 5. The van der Waals surface area contributed by atoms with E-state index in [0.717, 1.165) is 16.1 Å². The normalized spacial score (nSPS) is 12.1. The largest absolute Gasteiger partial charge is 0.398 e. The molecule has 0 fully saturated rings. The first-order valence-corrected chi connectivity index (χ1v) is 8.24. The standard InChI is InChI=1S/C15H18N2OS2/c1-10-5-6-12(16)14(8-10)20-9-15(18)17-11(2)13-4-3-7-19-13/h3-8,11H,9,16H2,1-2H3,(H,17,18). The third kappa shape index (κ3) is 4.02. The number of carbonyl (C=O) groups excluding carboxylic acids is 1. The van der Waals surface area contributed by atoms with E-state index < -0.39 is 0 Å². The quantitative estimate of drug-likeness (QED) is 0.655. The number of thiophene rings is 1. The molecule has 0 radical (unpaired) electrons. The lowest BCUT2D eigenvalue weighted by Crippen LogP contribution is -2.27. The molecule has 0 aliphatic rings. The Morgan fingerprint density at radius 3 is 2.95 bits per heavy atom. The molecule has 1 aromatic heterocycles. The number of benzene rings is 1. The van der Waals surface area contributed by atoms with Crippen molar-refractivity contribution in [2.75, 3.05) is 11.5 Å². The minimum absolute atomic E-state index is 0.0248. The van der Waals surface area contributed by atoms with Crippen LogP contribution in [0.3, 0.4) is 0 Å². The van der Waals surface area contributed by atoms with Crippen molar-refractivity contribution in [2.45, 2.75) is 24.8 Å². The van der Waals surface area contributed by atoms with Gasteiger partial charge < -0.3 is 11.1 Å². The van der Waals surface area contributed by atoms with Crippen molar-refractivity contribution in [3.8, 4) is 0 Å². The van der Waals surface area contributed by atoms with Gasteiger partial charge in [-0.15, -0.1) is 23.1 Å². The molecule has 3 nitrogen and oxygen atoms in total. The van der Waals surface area contributed by atoms with Crippen LogP contribution < -0.4 is 11.1 Å². The van der Waals surface area contributed by atoms with Crippen LogP contribution >= 0.6 is 23.1 Å². The first-order valence-electron chi connectivity index (χ1n) is 6.38. The van der Waals surface area contributed by atoms with Crippen molar-refractivity contribution in [3.05, 3.63) is 46.2 Å². The zero-order chi connectivity index (χ0) is 14.5. The number of hydrogen-bond acceptors (Lipinski definition) is 4. The Hall–Kier alpha value is -1.46. The fourth-order valence-electron chi connectivity index (χ4n) is 1.80. The number of nitrogens with one attached hydrogen (secondary N) is 1. The van der Waals surface area contributed by atoms with Gasteiger partial charge in [0, 0.05) is 15.5 Å². The monoisotopic (exact) mass is 306 g/mol. The second-order valence-corrected chi connectivity index (χ2v) is 6.63. The number of aryl methyl sites for hydroxylation is 1. The minimum atomic E-state index is 0.0248. The molecule has 0 saturated carbocycles. The second-order valence-electron chi connectivity index (χ2n) is 4.63. The summed E-state index contributed by atoms with van der Waals surface area (Å²) in [5, 5.41) is 5.01. The van der Waals surface area contributed by atoms with E-state index in [2.05, 4.69) is 5.32 Å². The minimum Gasteiger partial charge on any atom is -0.398 e. The fraction of sp³-hybridized carbons (Fsp3) is 0.267. The van der Waals surface area contributed by atoms with Crippen molar-refractivity contribution < 1.29 is 4.79 Å². The number of amides is 1. The van der Waals surface area contributed by atoms with Crippen LogP contribution in [-0.4, -0.2) is 11.7 Å². The summed E-state index contributed by atoms with van der Waals surface area (Å²) >= 11 is 3.13. The third-order valence-corrected chi connectivity index (χ3v) is 5.00. The molecule has 0 saturated heterocycles. The van der Waals surface area contributed by atoms with Crippen LogP contribution in [0.15, 0.2) is 40.6 Å². The summed E-state index contributed by atoms with van der Waals surface area (Å²) in [6.45, 7) is 4.01. The lowest BCUT2D eigenvalue weighted by atomic mass is 10.2. The Labute approximate surface area is 127 Å². The Balaban J connectivity index is 1.87. The molecule has 1 aromatic carbocycles. The summed E-state index contributed by atoms with van der Waals surface area (Å²) in [6.07, 6.45) is 0. The molecule has 0 aliphatic carbocycles. The van der Waals surface area contributed by atoms with Gasteiger partial charge in [0.25, 0.3) is 0 Å². The van der Waals surface area contributed by atoms with Gasteiger partial charge in [-0.1, -0.05) is 12.1 Å². The number of nitrogens with two attached hydrogens (primary N) is 1. The lowest BCUT2D eigenvalue weighted by molar-refractivity contribution is -0.119. The molecule has 0 aliphatic heterocycles. The maximum absolute atomic E-state index is 12.0. The lowest BCUT2D eigenvalue weighted by Gasteiger charge is -2.12. The molecule has 3 N–H and O–H groups in total. The summed E-state index contributed by atoms with van der Waals surface area (Å²) in [5.74, 6) is 0.403. The van der Waals surface area contributed by atoms with E-state index in [-0.39, 0.29) is 11.9 Å². The molecule has 0 spiro atoms. The highest BCUT2D eigenvalue weighted by atomic mass is 32.2. The van der Waals surface area contributed by atoms with E-state index in [1.165, 1.54) is 16.6 Å². The van der Waals surface area contributed by atoms with Crippen LogP contribution in [0.5, 0.6) is 0 Å². The molecular formula is C15H18N2OS2. The summed E-state index contributed by atoms with van der Waals surface area (Å²) in [4.78, 5) is 14.1. The van der Waals surface area contributed by atoms with Crippen LogP contribution in [-0.2, 0) is 4.79 Å². The number of hydrogen-bond donors (Lipinski definition) is 2. The van der Waals surface area contributed by atoms with E-state index in [1.54, 1.807) is 11.3 Å². The van der Waals surface area contributed by atoms with E-state index in [1.807, 2.05) is 49.6 Å². The number of thioether (sulfide) groups is 1. The summed E-state index contributed by atoms with van der Waals surface area (Å²) < 4.78 is 0. The number of anilines is 1. The van der Waals surface area contributed by atoms with Crippen LogP contribution in [0.1, 0.15) is 23.4 Å². The molecular weight excluding hydrogens is 288 g/mol. The molecule has 2 rings (SSSR count). The Morgan fingerprint density at radius 2 is 2.25 bits per heavy atom. The first kappa shape index (κ1) is 14.9. The SMILES string of the molecule is Cc1ccc(N)c(SCC(=O)NC(C)c2cccs2)c1. The van der Waals surface area contributed by atoms with E-state index in [4.69, 9.17) is 5.73 Å². The Bertz CT molecular complexity index is 582. The van der Waals surface area contributed by atoms with Gasteiger partial charge in [-0.3, -0.25) is 4.79 Å². The van der Waals surface area contributed by atoms with E-state index in [9.17, 15) is 4.79 Å². The third-order valence-electron chi connectivity index (χ3n) is 2.88. The average molecular weight is 306 g/mol. The molecule has 1 atom stereocenters. The molecule has 1 amide bonds. The van der Waals surface area contributed by atoms with Crippen molar-refractivity contribution in [1.82, 2.24) is 5.32 Å². The predicted molar refractivity (Wildman–Crippen MR) is 87.2 cm³/mol. The van der Waals surface area contributed by atoms with Crippen molar-refractivity contribution in [3.63, 3.8) is 0 Å². The summed E-state index contributed by atoms with van der Waals surface area (Å²) in [6, 6.07) is 9.93. The number of carbonyl (C=O) groups is 1. The van der Waals surface area contributed by atoms with Gasteiger partial charge in [0.2, 0.25) is 5.91 Å². The summed E-state index contributed by atoms with van der Waals surface area (Å²) in [7, 11) is 0. The summed E-state index contributed by atoms with van der Waals surface area (Å²) in [5.41, 5.74) is 7.77. The average Bonchev–Trinajstić information content (AvgIpc) is 2.94. The molecule has 1 heterocycles. The van der Waals surface area contributed by atoms with Crippen LogP contribution in [0.2, 0.25) is 0 Å². The van der Waals surface area contributed by atoms with E-state index in [0.29, 0.717) is 5.75 Å². The van der Waals surface area contributed by atoms with Gasteiger partial charge in [-0.25, -0.2) is 0 Å². The molecule has 20 heavy (non-hydrogen) atoms. The molecule has 1 unspecified atom stereocenters. The predicted octanol–water partition coefficient (Wildman–Crippen LogP) is 3.61. The van der Waals surface area contributed by atoms with Gasteiger partial charge in [-0.05, 0) is 43.0 Å². The van der Waals surface area contributed by atoms with Gasteiger partial charge in [0.05, 0.1) is 11.8 Å². The Morgan fingerprint density at radius 1 is 1.45 bits per heavy atom. The maximum Gasteiger partial charge on any atom is 0.230 e. The highest BCUT2D eigenvalue weighted by Crippen LogP contribution is 2.26. The van der Waals surface area contributed by atoms with Crippen molar-refractivity contribution >= 4 is 34.7 Å². The van der Waals surface area contributed by atoms with Gasteiger partial charge >= 0.3 is 0 Å². The van der Waals surface area contributed by atoms with Gasteiger partial charge in [-0.2, -0.15) is 0 Å². The fourth-order valence-corrected chi connectivity index (χ4v) is 3.41. The van der Waals surface area contributed by atoms with Crippen LogP contribution in [0.25, 0.3) is 0 Å². The van der Waals surface area contributed by atoms with Crippen LogP contribution in [0.4, 0.5) is 5.69 Å². The Kier molecular flexibility index (Phi) is 5.09. The van der Waals surface area contributed by atoms with E-state index >= 15 is 0 Å². The topological polar surface area (TPSA) is 55.1 Å². The highest BCUT2D eigenvalue weighted by Gasteiger charge is 2.11. The zero-order valence-electron chi connectivity index (χ0n) is 11.6. The molecule has 106 valence electrons. The highest BCUT2D eigenvalue weighted by molar-refractivity contribution is 8.00. The zero-order valence-corrected chi connectivity index (χ0v) is 13.2. The first-order chi connectivity index (χ1) is 9.56. The maximum atomic E-state index is 12.0. The smallest absolute Gasteiger partial charge is 0.230 e. The van der Waals surface area contributed by atoms with Gasteiger partial charge in [0.1, 0.15) is 0 Å². The van der Waals surface area contributed by atoms with Crippen LogP contribution in [0, 0.1) is 6.92 Å². The van der Waals surface area contributed by atoms with Crippen molar-refractivity contribution in [2.24, 2.45) is 0 Å². The second kappa shape index (κ2) is 6.81. The number of nitrogen functional groups attached to an aromatic ring is 1. The molecule has 2 aromatic rings. The molecule has 5 heteroatoms.